The summed E-state index contributed by atoms with van der Waals surface area (Å²) in [7, 11) is 0. The Morgan fingerprint density at radius 2 is 1.93 bits per heavy atom. The minimum absolute atomic E-state index is 0.120. The van der Waals surface area contributed by atoms with E-state index in [9.17, 15) is 4.79 Å². The van der Waals surface area contributed by atoms with E-state index in [1.807, 2.05) is 70.2 Å². The molecule has 0 aliphatic carbocycles. The second-order valence-corrected chi connectivity index (χ2v) is 7.94. The fraction of sp³-hybridized carbons (Fsp3) is 0.455. The van der Waals surface area contributed by atoms with Crippen molar-refractivity contribution in [3.8, 4) is 5.75 Å². The van der Waals surface area contributed by atoms with E-state index < -0.39 is 5.60 Å². The van der Waals surface area contributed by atoms with E-state index in [2.05, 4.69) is 0 Å². The van der Waals surface area contributed by atoms with Gasteiger partial charge in [0.15, 0.2) is 0 Å². The third-order valence-electron chi connectivity index (χ3n) is 4.46. The van der Waals surface area contributed by atoms with E-state index in [1.165, 1.54) is 0 Å². The Labute approximate surface area is 161 Å². The number of ether oxygens (including phenoxy) is 2. The van der Waals surface area contributed by atoms with Crippen molar-refractivity contribution in [2.75, 3.05) is 6.54 Å². The van der Waals surface area contributed by atoms with Gasteiger partial charge < -0.3 is 9.47 Å². The molecule has 1 amide bonds. The molecule has 0 N–H and O–H groups in total. The smallest absolute Gasteiger partial charge is 0.410 e. The topological polar surface area (TPSA) is 51.7 Å². The fourth-order valence-electron chi connectivity index (χ4n) is 3.25. The van der Waals surface area contributed by atoms with Gasteiger partial charge in [-0.15, -0.1) is 0 Å². The molecule has 0 saturated carbocycles. The molecule has 2 aromatic rings. The predicted octanol–water partition coefficient (Wildman–Crippen LogP) is 5.04. The largest absolute Gasteiger partial charge is 0.487 e. The Hall–Kier alpha value is -2.56. The molecule has 1 saturated heterocycles. The number of aromatic nitrogens is 1. The van der Waals surface area contributed by atoms with Gasteiger partial charge >= 0.3 is 6.09 Å². The summed E-state index contributed by atoms with van der Waals surface area (Å²) < 4.78 is 11.7. The van der Waals surface area contributed by atoms with Crippen molar-refractivity contribution >= 4 is 6.09 Å². The van der Waals surface area contributed by atoms with Crippen LogP contribution in [0.25, 0.3) is 0 Å². The summed E-state index contributed by atoms with van der Waals surface area (Å²) >= 11 is 0. The molecule has 1 fully saturated rings. The van der Waals surface area contributed by atoms with E-state index in [0.29, 0.717) is 13.2 Å². The van der Waals surface area contributed by atoms with Crippen LogP contribution in [0, 0.1) is 6.92 Å². The van der Waals surface area contributed by atoms with Gasteiger partial charge in [0.2, 0.25) is 0 Å². The number of rotatable bonds is 4. The molecule has 1 aromatic carbocycles. The van der Waals surface area contributed by atoms with Crippen molar-refractivity contribution in [2.45, 2.75) is 58.8 Å². The first-order valence-electron chi connectivity index (χ1n) is 9.47. The van der Waals surface area contributed by atoms with E-state index in [-0.39, 0.29) is 12.1 Å². The van der Waals surface area contributed by atoms with Gasteiger partial charge in [0.05, 0.1) is 6.04 Å². The van der Waals surface area contributed by atoms with Gasteiger partial charge in [0.25, 0.3) is 0 Å². The molecule has 1 atom stereocenters. The van der Waals surface area contributed by atoms with Crippen LogP contribution in [0.15, 0.2) is 42.5 Å². The number of hydrogen-bond donors (Lipinski definition) is 0. The van der Waals surface area contributed by atoms with Gasteiger partial charge in [-0.05, 0) is 58.2 Å². The Bertz CT molecular complexity index is 784. The van der Waals surface area contributed by atoms with Crippen LogP contribution in [0.5, 0.6) is 5.75 Å². The fourth-order valence-corrected chi connectivity index (χ4v) is 3.25. The summed E-state index contributed by atoms with van der Waals surface area (Å²) in [6.07, 6.45) is 1.50. The first-order valence-corrected chi connectivity index (χ1v) is 9.47. The van der Waals surface area contributed by atoms with Crippen LogP contribution < -0.4 is 4.74 Å². The summed E-state index contributed by atoms with van der Waals surface area (Å²) in [6, 6.07) is 13.8. The average molecular weight is 368 g/mol. The molecule has 2 heterocycles. The van der Waals surface area contributed by atoms with Crippen molar-refractivity contribution in [1.82, 2.24) is 9.88 Å². The lowest BCUT2D eigenvalue weighted by Crippen LogP contribution is -2.36. The van der Waals surface area contributed by atoms with Crippen LogP contribution >= 0.6 is 0 Å². The summed E-state index contributed by atoms with van der Waals surface area (Å²) in [5.74, 6) is 0.727. The van der Waals surface area contributed by atoms with Crippen molar-refractivity contribution in [2.24, 2.45) is 0 Å². The van der Waals surface area contributed by atoms with Crippen LogP contribution in [-0.4, -0.2) is 28.1 Å². The lowest BCUT2D eigenvalue weighted by Gasteiger charge is -2.29. The zero-order chi connectivity index (χ0) is 19.4. The Kier molecular flexibility index (Phi) is 5.68. The second-order valence-electron chi connectivity index (χ2n) is 7.94. The Morgan fingerprint density at radius 1 is 1.19 bits per heavy atom. The highest BCUT2D eigenvalue weighted by Gasteiger charge is 2.35. The number of nitrogens with zero attached hydrogens (tertiary/aromatic N) is 2. The quantitative estimate of drug-likeness (QED) is 0.758. The van der Waals surface area contributed by atoms with Crippen LogP contribution in [-0.2, 0) is 11.3 Å². The summed E-state index contributed by atoms with van der Waals surface area (Å²) in [4.78, 5) is 19.2. The number of benzene rings is 1. The van der Waals surface area contributed by atoms with Crippen molar-refractivity contribution in [1.29, 1.82) is 0 Å². The molecule has 0 radical (unpaired) electrons. The van der Waals surface area contributed by atoms with Crippen LogP contribution in [0.4, 0.5) is 4.79 Å². The molecule has 0 bridgehead atoms. The lowest BCUT2D eigenvalue weighted by atomic mass is 10.1. The van der Waals surface area contributed by atoms with Gasteiger partial charge in [-0.2, -0.15) is 0 Å². The van der Waals surface area contributed by atoms with E-state index in [1.54, 1.807) is 4.90 Å². The molecular formula is C22H28N2O3. The number of pyridine rings is 1. The molecule has 3 rings (SSSR count). The van der Waals surface area contributed by atoms with E-state index >= 15 is 0 Å². The molecular weight excluding hydrogens is 340 g/mol. The molecule has 5 heteroatoms. The number of hydrogen-bond acceptors (Lipinski definition) is 4. The minimum atomic E-state index is -0.517. The Balaban J connectivity index is 1.81. The lowest BCUT2D eigenvalue weighted by molar-refractivity contribution is 0.0219. The number of aryl methyl sites for hydroxylation is 1. The summed E-state index contributed by atoms with van der Waals surface area (Å²) in [5, 5.41) is 0. The normalized spacial score (nSPS) is 17.0. The van der Waals surface area contributed by atoms with Gasteiger partial charge in [0, 0.05) is 12.2 Å². The summed E-state index contributed by atoms with van der Waals surface area (Å²) in [5.41, 5.74) is 2.30. The second kappa shape index (κ2) is 7.99. The van der Waals surface area contributed by atoms with Crippen molar-refractivity contribution in [3.05, 3.63) is 59.4 Å². The highest BCUT2D eigenvalue weighted by molar-refractivity contribution is 5.69. The zero-order valence-corrected chi connectivity index (χ0v) is 16.6. The van der Waals surface area contributed by atoms with Gasteiger partial charge in [-0.3, -0.25) is 9.88 Å². The third-order valence-corrected chi connectivity index (χ3v) is 4.46. The van der Waals surface area contributed by atoms with Crippen LogP contribution in [0.1, 0.15) is 56.6 Å². The first-order chi connectivity index (χ1) is 12.8. The number of likely N-dealkylation sites (tertiary alicyclic amines) is 1. The number of amides is 1. The predicted molar refractivity (Wildman–Crippen MR) is 105 cm³/mol. The molecule has 1 aromatic heterocycles. The van der Waals surface area contributed by atoms with E-state index in [4.69, 9.17) is 14.5 Å². The maximum absolute atomic E-state index is 12.7. The monoisotopic (exact) mass is 368 g/mol. The molecule has 1 aliphatic rings. The molecule has 1 aliphatic heterocycles. The minimum Gasteiger partial charge on any atom is -0.487 e. The van der Waals surface area contributed by atoms with E-state index in [0.717, 1.165) is 35.5 Å². The van der Waals surface area contributed by atoms with Crippen LogP contribution in [0.2, 0.25) is 0 Å². The summed E-state index contributed by atoms with van der Waals surface area (Å²) in [6.45, 7) is 8.75. The maximum Gasteiger partial charge on any atom is 0.410 e. The maximum atomic E-state index is 12.7. The number of carbonyl (C=O) groups excluding carboxylic acids is 1. The highest BCUT2D eigenvalue weighted by Crippen LogP contribution is 2.37. The van der Waals surface area contributed by atoms with Crippen LogP contribution in [0.3, 0.4) is 0 Å². The third kappa shape index (κ3) is 5.00. The number of carbonyl (C=O) groups is 1. The SMILES string of the molecule is Cc1ccc(OCc2ccccc2)c(C2CCCN2C(=O)OC(C)(C)C)n1. The van der Waals surface area contributed by atoms with Gasteiger partial charge in [-0.1, -0.05) is 30.3 Å². The average Bonchev–Trinajstić information content (AvgIpc) is 3.10. The molecule has 5 nitrogen and oxygen atoms in total. The van der Waals surface area contributed by atoms with Gasteiger partial charge in [-0.25, -0.2) is 4.79 Å². The standard InChI is InChI=1S/C22H28N2O3/c1-16-12-13-19(26-15-17-9-6-5-7-10-17)20(23-16)18-11-8-14-24(18)21(25)27-22(2,3)4/h5-7,9-10,12-13,18H,8,11,14-15H2,1-4H3. The van der Waals surface area contributed by atoms with Crippen molar-refractivity contribution < 1.29 is 14.3 Å². The zero-order valence-electron chi connectivity index (χ0n) is 16.6. The van der Waals surface area contributed by atoms with Gasteiger partial charge in [0.1, 0.15) is 23.7 Å². The molecule has 1 unspecified atom stereocenters. The highest BCUT2D eigenvalue weighted by atomic mass is 16.6. The first kappa shape index (κ1) is 19.2. The molecule has 0 spiro atoms. The van der Waals surface area contributed by atoms with Crippen molar-refractivity contribution in [3.63, 3.8) is 0 Å². The molecule has 27 heavy (non-hydrogen) atoms. The molecule has 144 valence electrons. The Morgan fingerprint density at radius 3 is 2.63 bits per heavy atom.